The van der Waals surface area contributed by atoms with E-state index in [9.17, 15) is 0 Å². The van der Waals surface area contributed by atoms with Crippen LogP contribution in [0.25, 0.3) is 11.4 Å². The van der Waals surface area contributed by atoms with E-state index in [1.807, 2.05) is 30.5 Å². The molecule has 0 saturated carbocycles. The van der Waals surface area contributed by atoms with E-state index in [-0.39, 0.29) is 0 Å². The SMILES string of the molecule is Cc1cnc(-c2ccccc2)n1C1CN(Cc2cccc(C#N)c2)C1. The average molecular weight is 328 g/mol. The third-order valence-corrected chi connectivity index (χ3v) is 4.78. The van der Waals surface area contributed by atoms with Gasteiger partial charge < -0.3 is 4.57 Å². The molecular weight excluding hydrogens is 308 g/mol. The monoisotopic (exact) mass is 328 g/mol. The Labute approximate surface area is 148 Å². The lowest BCUT2D eigenvalue weighted by molar-refractivity contribution is 0.0987. The molecule has 3 aromatic rings. The van der Waals surface area contributed by atoms with Gasteiger partial charge in [-0.2, -0.15) is 5.26 Å². The van der Waals surface area contributed by atoms with Crippen molar-refractivity contribution in [3.63, 3.8) is 0 Å². The molecule has 0 bridgehead atoms. The number of nitrogens with zero attached hydrogens (tertiary/aromatic N) is 4. The van der Waals surface area contributed by atoms with Crippen LogP contribution >= 0.6 is 0 Å². The first-order valence-corrected chi connectivity index (χ1v) is 8.55. The summed E-state index contributed by atoms with van der Waals surface area (Å²) < 4.78 is 2.36. The van der Waals surface area contributed by atoms with E-state index in [1.165, 1.54) is 11.3 Å². The molecule has 4 rings (SSSR count). The third-order valence-electron chi connectivity index (χ3n) is 4.78. The first kappa shape index (κ1) is 15.6. The van der Waals surface area contributed by atoms with E-state index in [1.54, 1.807) is 0 Å². The van der Waals surface area contributed by atoms with Gasteiger partial charge >= 0.3 is 0 Å². The maximum absolute atomic E-state index is 9.03. The van der Waals surface area contributed by atoms with Crippen LogP contribution in [0.3, 0.4) is 0 Å². The second-order valence-electron chi connectivity index (χ2n) is 6.62. The zero-order valence-corrected chi connectivity index (χ0v) is 14.3. The van der Waals surface area contributed by atoms with Crippen molar-refractivity contribution in [1.29, 1.82) is 5.26 Å². The average Bonchev–Trinajstić information content (AvgIpc) is 3.00. The smallest absolute Gasteiger partial charge is 0.140 e. The van der Waals surface area contributed by atoms with E-state index in [0.717, 1.165) is 36.6 Å². The Morgan fingerprint density at radius 1 is 1.12 bits per heavy atom. The lowest BCUT2D eigenvalue weighted by Gasteiger charge is -2.41. The van der Waals surface area contributed by atoms with Crippen LogP contribution in [0, 0.1) is 18.3 Å². The van der Waals surface area contributed by atoms with E-state index in [2.05, 4.69) is 57.8 Å². The van der Waals surface area contributed by atoms with Crippen molar-refractivity contribution in [2.24, 2.45) is 0 Å². The summed E-state index contributed by atoms with van der Waals surface area (Å²) in [6.45, 7) is 5.03. The van der Waals surface area contributed by atoms with Gasteiger partial charge in [0.2, 0.25) is 0 Å². The minimum absolute atomic E-state index is 0.455. The van der Waals surface area contributed by atoms with Gasteiger partial charge in [0.05, 0.1) is 17.7 Å². The maximum atomic E-state index is 9.03. The quantitative estimate of drug-likeness (QED) is 0.732. The fourth-order valence-electron chi connectivity index (χ4n) is 3.54. The van der Waals surface area contributed by atoms with Gasteiger partial charge in [0.15, 0.2) is 0 Å². The summed E-state index contributed by atoms with van der Waals surface area (Å²) in [5, 5.41) is 9.03. The molecule has 1 saturated heterocycles. The van der Waals surface area contributed by atoms with Gasteiger partial charge in [0.25, 0.3) is 0 Å². The van der Waals surface area contributed by atoms with E-state index >= 15 is 0 Å². The Morgan fingerprint density at radius 2 is 1.92 bits per heavy atom. The van der Waals surface area contributed by atoms with Crippen molar-refractivity contribution in [3.8, 4) is 17.5 Å². The minimum atomic E-state index is 0.455. The molecule has 2 aromatic carbocycles. The van der Waals surface area contributed by atoms with Crippen LogP contribution in [0.1, 0.15) is 22.9 Å². The van der Waals surface area contributed by atoms with Gasteiger partial charge in [-0.25, -0.2) is 4.98 Å². The number of hydrogen-bond donors (Lipinski definition) is 0. The highest BCUT2D eigenvalue weighted by atomic mass is 15.3. The summed E-state index contributed by atoms with van der Waals surface area (Å²) in [5.41, 5.74) is 4.29. The Kier molecular flexibility index (Phi) is 4.09. The topological polar surface area (TPSA) is 44.9 Å². The summed E-state index contributed by atoms with van der Waals surface area (Å²) in [4.78, 5) is 7.04. The molecule has 124 valence electrons. The molecule has 0 spiro atoms. The minimum Gasteiger partial charge on any atom is -0.323 e. The molecule has 0 amide bonds. The normalized spacial score (nSPS) is 14.9. The van der Waals surface area contributed by atoms with Crippen molar-refractivity contribution >= 4 is 0 Å². The molecule has 1 aliphatic rings. The van der Waals surface area contributed by atoms with Gasteiger partial charge in [0.1, 0.15) is 5.82 Å². The predicted molar refractivity (Wildman–Crippen MR) is 97.9 cm³/mol. The molecule has 4 heteroatoms. The third kappa shape index (κ3) is 3.07. The molecule has 1 aliphatic heterocycles. The second-order valence-corrected chi connectivity index (χ2v) is 6.62. The molecule has 25 heavy (non-hydrogen) atoms. The summed E-state index contributed by atoms with van der Waals surface area (Å²) in [6, 6.07) is 20.9. The standard InChI is InChI=1S/C21H20N4/c1-16-12-23-21(19-8-3-2-4-9-19)25(16)20-14-24(15-20)13-18-7-5-6-17(10-18)11-22/h2-10,12,20H,13-15H2,1H3. The lowest BCUT2D eigenvalue weighted by atomic mass is 10.0. The number of imidazole rings is 1. The molecule has 1 fully saturated rings. The van der Waals surface area contributed by atoms with Crippen LogP contribution in [-0.2, 0) is 6.54 Å². The fourth-order valence-corrected chi connectivity index (χ4v) is 3.54. The molecule has 0 unspecified atom stereocenters. The first-order valence-electron chi connectivity index (χ1n) is 8.55. The van der Waals surface area contributed by atoms with Crippen LogP contribution in [0.5, 0.6) is 0 Å². The van der Waals surface area contributed by atoms with Crippen LogP contribution in [0.2, 0.25) is 0 Å². The number of aromatic nitrogens is 2. The van der Waals surface area contributed by atoms with Gasteiger partial charge in [-0.1, -0.05) is 42.5 Å². The molecular formula is C21H20N4. The number of benzene rings is 2. The van der Waals surface area contributed by atoms with Gasteiger partial charge in [-0.3, -0.25) is 4.90 Å². The highest BCUT2D eigenvalue weighted by Crippen LogP contribution is 2.30. The number of aryl methyl sites for hydroxylation is 1. The summed E-state index contributed by atoms with van der Waals surface area (Å²) >= 11 is 0. The van der Waals surface area contributed by atoms with E-state index in [4.69, 9.17) is 5.26 Å². The molecule has 0 N–H and O–H groups in total. The number of likely N-dealkylation sites (tertiary alicyclic amines) is 1. The van der Waals surface area contributed by atoms with Crippen molar-refractivity contribution in [2.75, 3.05) is 13.1 Å². The largest absolute Gasteiger partial charge is 0.323 e. The molecule has 1 aromatic heterocycles. The van der Waals surface area contributed by atoms with Crippen molar-refractivity contribution < 1.29 is 0 Å². The van der Waals surface area contributed by atoms with E-state index in [0.29, 0.717) is 6.04 Å². The number of nitriles is 1. The molecule has 0 aliphatic carbocycles. The highest BCUT2D eigenvalue weighted by Gasteiger charge is 2.30. The molecule has 2 heterocycles. The summed E-state index contributed by atoms with van der Waals surface area (Å²) in [5.74, 6) is 1.05. The Balaban J connectivity index is 1.48. The number of rotatable bonds is 4. The predicted octanol–water partition coefficient (Wildman–Crippen LogP) is 3.79. The van der Waals surface area contributed by atoms with Crippen LogP contribution in [0.4, 0.5) is 0 Å². The Hall–Kier alpha value is -2.90. The van der Waals surface area contributed by atoms with Gasteiger partial charge in [-0.15, -0.1) is 0 Å². The van der Waals surface area contributed by atoms with Crippen LogP contribution < -0.4 is 0 Å². The summed E-state index contributed by atoms with van der Waals surface area (Å²) in [7, 11) is 0. The Bertz CT molecular complexity index is 915. The maximum Gasteiger partial charge on any atom is 0.140 e. The summed E-state index contributed by atoms with van der Waals surface area (Å²) in [6.07, 6.45) is 1.96. The number of hydrogen-bond acceptors (Lipinski definition) is 3. The van der Waals surface area contributed by atoms with Crippen LogP contribution in [0.15, 0.2) is 60.8 Å². The molecule has 4 nitrogen and oxygen atoms in total. The van der Waals surface area contributed by atoms with Gasteiger partial charge in [0, 0.05) is 37.1 Å². The lowest BCUT2D eigenvalue weighted by Crippen LogP contribution is -2.47. The van der Waals surface area contributed by atoms with Crippen molar-refractivity contribution in [1.82, 2.24) is 14.5 Å². The first-order chi connectivity index (χ1) is 12.2. The second kappa shape index (κ2) is 6.54. The highest BCUT2D eigenvalue weighted by molar-refractivity contribution is 5.56. The van der Waals surface area contributed by atoms with Crippen molar-refractivity contribution in [2.45, 2.75) is 19.5 Å². The fraction of sp³-hybridized carbons (Fsp3) is 0.238. The zero-order chi connectivity index (χ0) is 17.2. The Morgan fingerprint density at radius 3 is 2.68 bits per heavy atom. The zero-order valence-electron chi connectivity index (χ0n) is 14.3. The molecule has 0 atom stereocenters. The van der Waals surface area contributed by atoms with E-state index < -0.39 is 0 Å². The van der Waals surface area contributed by atoms with Crippen LogP contribution in [-0.4, -0.2) is 27.5 Å². The molecule has 0 radical (unpaired) electrons. The van der Waals surface area contributed by atoms with Crippen molar-refractivity contribution in [3.05, 3.63) is 77.6 Å². The van der Waals surface area contributed by atoms with Gasteiger partial charge in [-0.05, 0) is 24.6 Å².